The maximum atomic E-state index is 11.4. The molecule has 1 aromatic carbocycles. The first-order chi connectivity index (χ1) is 11.6. The second-order valence-electron chi connectivity index (χ2n) is 4.93. The van der Waals surface area contributed by atoms with Crippen LogP contribution in [0.3, 0.4) is 0 Å². The summed E-state index contributed by atoms with van der Waals surface area (Å²) in [5.74, 6) is -3.75. The molecule has 1 unspecified atom stereocenters. The number of benzene rings is 1. The van der Waals surface area contributed by atoms with E-state index in [4.69, 9.17) is 48.1 Å². The van der Waals surface area contributed by atoms with Crippen molar-refractivity contribution in [2.75, 3.05) is 19.6 Å². The third-order valence-corrected chi connectivity index (χ3v) is 3.23. The summed E-state index contributed by atoms with van der Waals surface area (Å²) < 4.78 is 0. The van der Waals surface area contributed by atoms with Crippen molar-refractivity contribution < 1.29 is 29.7 Å². The number of amides is 1. The van der Waals surface area contributed by atoms with Gasteiger partial charge in [-0.2, -0.15) is 0 Å². The molecule has 0 saturated carbocycles. The van der Waals surface area contributed by atoms with Crippen LogP contribution in [0.2, 0.25) is 10.0 Å². The molecule has 25 heavy (non-hydrogen) atoms. The number of rotatable bonds is 7. The summed E-state index contributed by atoms with van der Waals surface area (Å²) in [6, 6.07) is 5.31. The third-order valence-electron chi connectivity index (χ3n) is 2.64. The van der Waals surface area contributed by atoms with Gasteiger partial charge in [0.25, 0.3) is 0 Å². The summed E-state index contributed by atoms with van der Waals surface area (Å²) in [7, 11) is 0. The predicted octanol–water partition coefficient (Wildman–Crippen LogP) is 0.778. The molecule has 0 aliphatic rings. The van der Waals surface area contributed by atoms with Crippen LogP contribution in [0.25, 0.3) is 0 Å². The Hall–Kier alpha value is -1.87. The zero-order valence-corrected chi connectivity index (χ0v) is 15.0. The minimum Gasteiger partial charge on any atom is -0.473 e. The number of halogens is 2. The number of aliphatic hydroxyl groups is 1. The summed E-state index contributed by atoms with van der Waals surface area (Å²) >= 11 is 11.8. The van der Waals surface area contributed by atoms with Crippen LogP contribution in [0.4, 0.5) is 0 Å². The summed E-state index contributed by atoms with van der Waals surface area (Å²) in [5, 5.41) is 30.6. The van der Waals surface area contributed by atoms with Crippen molar-refractivity contribution in [3.8, 4) is 0 Å². The first kappa shape index (κ1) is 23.1. The van der Waals surface area contributed by atoms with Crippen LogP contribution in [0.15, 0.2) is 18.2 Å². The van der Waals surface area contributed by atoms with Crippen LogP contribution in [0, 0.1) is 0 Å². The highest BCUT2D eigenvalue weighted by atomic mass is 35.5. The molecule has 5 N–H and O–H groups in total. The van der Waals surface area contributed by atoms with Gasteiger partial charge in [0, 0.05) is 23.1 Å². The first-order valence-electron chi connectivity index (χ1n) is 7.19. The van der Waals surface area contributed by atoms with Gasteiger partial charge < -0.3 is 26.0 Å². The minimum atomic E-state index is -1.82. The smallest absolute Gasteiger partial charge is 0.414 e. The molecular formula is C15H20Cl2N2O6. The molecule has 1 atom stereocenters. The predicted molar refractivity (Wildman–Crippen MR) is 93.0 cm³/mol. The van der Waals surface area contributed by atoms with Crippen molar-refractivity contribution in [1.82, 2.24) is 10.6 Å². The number of hydrogen-bond donors (Lipinski definition) is 5. The van der Waals surface area contributed by atoms with E-state index in [0.717, 1.165) is 5.56 Å². The van der Waals surface area contributed by atoms with Crippen molar-refractivity contribution in [1.29, 1.82) is 0 Å². The van der Waals surface area contributed by atoms with Gasteiger partial charge in [-0.1, -0.05) is 29.3 Å². The van der Waals surface area contributed by atoms with Crippen molar-refractivity contribution in [2.24, 2.45) is 0 Å². The Balaban J connectivity index is 0.000000823. The van der Waals surface area contributed by atoms with E-state index in [1.165, 1.54) is 0 Å². The number of hydrogen-bond acceptors (Lipinski definition) is 5. The number of carboxylic acids is 2. The zero-order chi connectivity index (χ0) is 19.4. The maximum absolute atomic E-state index is 11.4. The topological polar surface area (TPSA) is 136 Å². The second kappa shape index (κ2) is 12.5. The molecule has 1 amide bonds. The molecule has 1 aromatic rings. The Labute approximate surface area is 154 Å². The lowest BCUT2D eigenvalue weighted by Crippen LogP contribution is -2.37. The summed E-state index contributed by atoms with van der Waals surface area (Å²) in [6.45, 7) is 2.76. The maximum Gasteiger partial charge on any atom is 0.414 e. The van der Waals surface area contributed by atoms with Crippen LogP contribution in [0.5, 0.6) is 0 Å². The molecule has 8 nitrogen and oxygen atoms in total. The molecule has 1 rings (SSSR count). The highest BCUT2D eigenvalue weighted by Crippen LogP contribution is 2.20. The van der Waals surface area contributed by atoms with Crippen LogP contribution in [0.1, 0.15) is 12.5 Å². The number of aliphatic carboxylic acids is 2. The fraction of sp³-hybridized carbons (Fsp3) is 0.400. The molecule has 0 aliphatic carbocycles. The summed E-state index contributed by atoms with van der Waals surface area (Å²) in [6.07, 6.45) is 0.193. The lowest BCUT2D eigenvalue weighted by molar-refractivity contribution is -0.159. The Morgan fingerprint density at radius 3 is 2.24 bits per heavy atom. The lowest BCUT2D eigenvalue weighted by atomic mass is 10.1. The van der Waals surface area contributed by atoms with Gasteiger partial charge in [0.2, 0.25) is 5.91 Å². The number of aliphatic hydroxyl groups excluding tert-OH is 1. The molecule has 0 aromatic heterocycles. The number of carbonyl (C=O) groups excluding carboxylic acids is 1. The van der Waals surface area contributed by atoms with Gasteiger partial charge in [0.15, 0.2) is 0 Å². The molecule has 0 fully saturated rings. The highest BCUT2D eigenvalue weighted by molar-refractivity contribution is 6.35. The molecule has 0 radical (unpaired) electrons. The van der Waals surface area contributed by atoms with Crippen molar-refractivity contribution in [3.63, 3.8) is 0 Å². The van der Waals surface area contributed by atoms with E-state index in [1.54, 1.807) is 19.1 Å². The standard InChI is InChI=1S/C13H18Cl2N2O2.C2H2O4/c1-9(18)7-16-8-13(19)17-5-4-10-2-3-11(14)6-12(10)15;3-1(4)2(5)6/h2-3,6,9,16,18H,4-5,7-8H2,1H3,(H,17,19);(H,3,4)(H,5,6). The van der Waals surface area contributed by atoms with Gasteiger partial charge in [0.1, 0.15) is 0 Å². The molecule has 10 heteroatoms. The fourth-order valence-electron chi connectivity index (χ4n) is 1.52. The Bertz CT molecular complexity index is 583. The highest BCUT2D eigenvalue weighted by Gasteiger charge is 2.05. The first-order valence-corrected chi connectivity index (χ1v) is 7.94. The largest absolute Gasteiger partial charge is 0.473 e. The van der Waals surface area contributed by atoms with Crippen LogP contribution in [-0.2, 0) is 20.8 Å². The van der Waals surface area contributed by atoms with Gasteiger partial charge in [-0.25, -0.2) is 9.59 Å². The summed E-state index contributed by atoms with van der Waals surface area (Å²) in [4.78, 5) is 29.6. The SMILES string of the molecule is CC(O)CNCC(=O)NCCc1ccc(Cl)cc1Cl.O=C(O)C(=O)O. The van der Waals surface area contributed by atoms with Crippen LogP contribution >= 0.6 is 23.2 Å². The normalized spacial score (nSPS) is 11.0. The van der Waals surface area contributed by atoms with Crippen molar-refractivity contribution >= 4 is 41.0 Å². The van der Waals surface area contributed by atoms with E-state index in [-0.39, 0.29) is 12.5 Å². The van der Waals surface area contributed by atoms with Gasteiger partial charge in [-0.15, -0.1) is 0 Å². The van der Waals surface area contributed by atoms with Crippen molar-refractivity contribution in [2.45, 2.75) is 19.4 Å². The number of carboxylic acid groups (broad SMARTS) is 2. The lowest BCUT2D eigenvalue weighted by Gasteiger charge is -2.09. The van der Waals surface area contributed by atoms with Gasteiger partial charge in [-0.3, -0.25) is 4.79 Å². The van der Waals surface area contributed by atoms with Crippen LogP contribution < -0.4 is 10.6 Å². The zero-order valence-electron chi connectivity index (χ0n) is 13.5. The van der Waals surface area contributed by atoms with E-state index >= 15 is 0 Å². The third kappa shape index (κ3) is 12.2. The monoisotopic (exact) mass is 394 g/mol. The molecule has 0 spiro atoms. The molecule has 0 heterocycles. The van der Waals surface area contributed by atoms with E-state index in [9.17, 15) is 4.79 Å². The number of nitrogens with one attached hydrogen (secondary N) is 2. The Morgan fingerprint density at radius 1 is 1.16 bits per heavy atom. The number of carbonyl (C=O) groups is 3. The van der Waals surface area contributed by atoms with E-state index < -0.39 is 18.0 Å². The van der Waals surface area contributed by atoms with E-state index in [1.807, 2.05) is 6.07 Å². The van der Waals surface area contributed by atoms with Gasteiger partial charge in [-0.05, 0) is 31.0 Å². The Kier molecular flexibility index (Phi) is 11.6. The average molecular weight is 395 g/mol. The van der Waals surface area contributed by atoms with Gasteiger partial charge >= 0.3 is 11.9 Å². The van der Waals surface area contributed by atoms with E-state index in [2.05, 4.69) is 10.6 Å². The second-order valence-corrected chi connectivity index (χ2v) is 5.77. The Morgan fingerprint density at radius 2 is 1.76 bits per heavy atom. The minimum absolute atomic E-state index is 0.106. The van der Waals surface area contributed by atoms with Crippen molar-refractivity contribution in [3.05, 3.63) is 33.8 Å². The van der Waals surface area contributed by atoms with E-state index in [0.29, 0.717) is 29.6 Å². The molecule has 0 saturated heterocycles. The van der Waals surface area contributed by atoms with Gasteiger partial charge in [0.05, 0.1) is 12.6 Å². The molecule has 140 valence electrons. The molecule has 0 aliphatic heterocycles. The molecule has 0 bridgehead atoms. The average Bonchev–Trinajstić information content (AvgIpc) is 2.49. The van der Waals surface area contributed by atoms with Crippen LogP contribution in [-0.4, -0.2) is 58.9 Å². The quantitative estimate of drug-likeness (QED) is 0.431. The summed E-state index contributed by atoms with van der Waals surface area (Å²) in [5.41, 5.74) is 0.948. The fourth-order valence-corrected chi connectivity index (χ4v) is 2.02. The molecular weight excluding hydrogens is 375 g/mol.